The molecule has 0 aliphatic carbocycles. The molecule has 0 atom stereocenters. The van der Waals surface area contributed by atoms with Crippen molar-refractivity contribution < 1.29 is 9.66 Å². The molecule has 0 saturated carbocycles. The molecule has 1 aliphatic heterocycles. The number of nitro groups is 1. The summed E-state index contributed by atoms with van der Waals surface area (Å²) in [7, 11) is 1.84. The van der Waals surface area contributed by atoms with Crippen molar-refractivity contribution in [2.24, 2.45) is 0 Å². The number of non-ortho nitro benzene ring substituents is 1. The van der Waals surface area contributed by atoms with Gasteiger partial charge < -0.3 is 4.74 Å². The van der Waals surface area contributed by atoms with Crippen molar-refractivity contribution in [2.45, 2.75) is 0 Å². The van der Waals surface area contributed by atoms with Gasteiger partial charge in [-0.25, -0.2) is 0 Å². The van der Waals surface area contributed by atoms with Crippen molar-refractivity contribution in [3.05, 3.63) is 58.4 Å². The molecule has 1 aromatic rings. The fourth-order valence-corrected chi connectivity index (χ4v) is 1.30. The predicted molar refractivity (Wildman–Crippen MR) is 57.1 cm³/mol. The summed E-state index contributed by atoms with van der Waals surface area (Å²) in [5, 5.41) is 10.6. The summed E-state index contributed by atoms with van der Waals surface area (Å²) in [6.45, 7) is 0. The van der Waals surface area contributed by atoms with Crippen LogP contribution in [-0.4, -0.2) is 12.2 Å². The molecule has 1 heterocycles. The molecule has 0 unspecified atom stereocenters. The van der Waals surface area contributed by atoms with Gasteiger partial charge in [0.25, 0.3) is 5.69 Å². The van der Waals surface area contributed by atoms with Gasteiger partial charge in [-0.15, -0.1) is 0 Å². The highest BCUT2D eigenvalue weighted by Crippen LogP contribution is 2.20. The summed E-state index contributed by atoms with van der Waals surface area (Å²) in [5.41, 5.74) is 1.67. The lowest BCUT2D eigenvalue weighted by molar-refractivity contribution is -0.384. The van der Waals surface area contributed by atoms with Crippen molar-refractivity contribution in [3.8, 4) is 0 Å². The average Bonchev–Trinajstić information content (AvgIpc) is 2.30. The van der Waals surface area contributed by atoms with Crippen molar-refractivity contribution >= 4 is 18.4 Å². The van der Waals surface area contributed by atoms with E-state index in [1.54, 1.807) is 30.6 Å². The van der Waals surface area contributed by atoms with Gasteiger partial charge in [-0.05, 0) is 11.0 Å². The SMILES string of the molecule is O=[N+]([O-])c1cccc(C2=COC=C[B]2)c1. The Morgan fingerprint density at radius 3 is 2.93 bits per heavy atom. The molecule has 0 spiro atoms. The van der Waals surface area contributed by atoms with E-state index < -0.39 is 4.92 Å². The molecular weight excluding hydrogens is 193 g/mol. The summed E-state index contributed by atoms with van der Waals surface area (Å²) < 4.78 is 4.99. The topological polar surface area (TPSA) is 52.4 Å². The summed E-state index contributed by atoms with van der Waals surface area (Å²) in [6, 6.07) is 6.44. The number of hydrogen-bond donors (Lipinski definition) is 0. The largest absolute Gasteiger partial charge is 0.474 e. The fraction of sp³-hybridized carbons (Fsp3) is 0. The highest BCUT2D eigenvalue weighted by molar-refractivity contribution is 6.65. The van der Waals surface area contributed by atoms with Crippen LogP contribution >= 0.6 is 0 Å². The molecule has 4 nitrogen and oxygen atoms in total. The van der Waals surface area contributed by atoms with Gasteiger partial charge in [0.05, 0.1) is 17.4 Å². The van der Waals surface area contributed by atoms with E-state index in [0.29, 0.717) is 0 Å². The summed E-state index contributed by atoms with van der Waals surface area (Å²) >= 11 is 0. The monoisotopic (exact) mass is 200 g/mol. The van der Waals surface area contributed by atoms with E-state index in [0.717, 1.165) is 11.0 Å². The molecule has 73 valence electrons. The van der Waals surface area contributed by atoms with Crippen molar-refractivity contribution in [2.75, 3.05) is 0 Å². The van der Waals surface area contributed by atoms with Gasteiger partial charge in [0.1, 0.15) is 0 Å². The van der Waals surface area contributed by atoms with Gasteiger partial charge in [0.15, 0.2) is 7.28 Å². The molecule has 1 aliphatic rings. The van der Waals surface area contributed by atoms with Crippen LogP contribution in [0.15, 0.2) is 42.8 Å². The first kappa shape index (κ1) is 9.52. The van der Waals surface area contributed by atoms with E-state index in [1.165, 1.54) is 12.1 Å². The number of rotatable bonds is 2. The van der Waals surface area contributed by atoms with Crippen molar-refractivity contribution in [1.82, 2.24) is 0 Å². The average molecular weight is 200 g/mol. The highest BCUT2D eigenvalue weighted by atomic mass is 16.6. The second-order valence-corrected chi connectivity index (χ2v) is 3.01. The third-order valence-electron chi connectivity index (χ3n) is 2.02. The van der Waals surface area contributed by atoms with Crippen LogP contribution < -0.4 is 0 Å². The molecule has 0 saturated heterocycles. The molecule has 5 heteroatoms. The summed E-state index contributed by atoms with van der Waals surface area (Å²) in [6.07, 6.45) is 3.10. The molecule has 1 aromatic carbocycles. The van der Waals surface area contributed by atoms with Crippen LogP contribution in [0, 0.1) is 10.1 Å². The Hall–Kier alpha value is -2.04. The Morgan fingerprint density at radius 1 is 1.40 bits per heavy atom. The standard InChI is InChI=1S/C10H7BNO3/c13-12(14)9-3-1-2-8(6-9)10-7-15-5-4-11-10/h1-7H. The van der Waals surface area contributed by atoms with Gasteiger partial charge in [0, 0.05) is 12.1 Å². The van der Waals surface area contributed by atoms with Crippen molar-refractivity contribution in [1.29, 1.82) is 0 Å². The Balaban J connectivity index is 2.32. The number of nitrogens with zero attached hydrogens (tertiary/aromatic N) is 1. The second kappa shape index (κ2) is 4.00. The Labute approximate surface area is 87.3 Å². The van der Waals surface area contributed by atoms with Crippen LogP contribution in [0.1, 0.15) is 5.56 Å². The van der Waals surface area contributed by atoms with Crippen LogP contribution in [0.4, 0.5) is 5.69 Å². The van der Waals surface area contributed by atoms with Crippen LogP contribution in [-0.2, 0) is 4.74 Å². The first-order chi connectivity index (χ1) is 7.27. The van der Waals surface area contributed by atoms with E-state index in [2.05, 4.69) is 0 Å². The highest BCUT2D eigenvalue weighted by Gasteiger charge is 2.10. The van der Waals surface area contributed by atoms with E-state index in [4.69, 9.17) is 4.74 Å². The maximum atomic E-state index is 10.6. The molecule has 0 aromatic heterocycles. The molecule has 1 radical (unpaired) electrons. The lowest BCUT2D eigenvalue weighted by Crippen LogP contribution is -1.98. The molecular formula is C10H7BNO3. The Bertz CT molecular complexity index is 454. The van der Waals surface area contributed by atoms with Crippen LogP contribution in [0.3, 0.4) is 0 Å². The fourth-order valence-electron chi connectivity index (χ4n) is 1.30. The zero-order valence-electron chi connectivity index (χ0n) is 7.79. The van der Waals surface area contributed by atoms with E-state index in [1.807, 2.05) is 7.28 Å². The van der Waals surface area contributed by atoms with Gasteiger partial charge in [-0.3, -0.25) is 10.1 Å². The Kier molecular flexibility index (Phi) is 2.54. The molecule has 2 rings (SSSR count). The first-order valence-electron chi connectivity index (χ1n) is 4.38. The quantitative estimate of drug-likeness (QED) is 0.417. The van der Waals surface area contributed by atoms with Crippen LogP contribution in [0.5, 0.6) is 0 Å². The van der Waals surface area contributed by atoms with Crippen LogP contribution in [0.25, 0.3) is 5.47 Å². The summed E-state index contributed by atoms with van der Waals surface area (Å²) in [5.74, 6) is 1.74. The Morgan fingerprint density at radius 2 is 2.27 bits per heavy atom. The molecule has 0 N–H and O–H groups in total. The maximum absolute atomic E-state index is 10.6. The summed E-state index contributed by atoms with van der Waals surface area (Å²) in [4.78, 5) is 10.2. The second-order valence-electron chi connectivity index (χ2n) is 3.01. The lowest BCUT2D eigenvalue weighted by atomic mass is 9.67. The van der Waals surface area contributed by atoms with E-state index in [-0.39, 0.29) is 5.69 Å². The minimum atomic E-state index is -0.413. The lowest BCUT2D eigenvalue weighted by Gasteiger charge is -2.07. The minimum Gasteiger partial charge on any atom is -0.474 e. The zero-order chi connectivity index (χ0) is 10.7. The number of nitro benzene ring substituents is 1. The van der Waals surface area contributed by atoms with E-state index in [9.17, 15) is 10.1 Å². The van der Waals surface area contributed by atoms with Gasteiger partial charge >= 0.3 is 0 Å². The van der Waals surface area contributed by atoms with E-state index >= 15 is 0 Å². The molecule has 0 fully saturated rings. The van der Waals surface area contributed by atoms with Gasteiger partial charge in [-0.2, -0.15) is 0 Å². The van der Waals surface area contributed by atoms with Gasteiger partial charge in [-0.1, -0.05) is 18.1 Å². The molecule has 0 bridgehead atoms. The van der Waals surface area contributed by atoms with Gasteiger partial charge in [0.2, 0.25) is 0 Å². The normalized spacial score (nSPS) is 13.7. The molecule has 15 heavy (non-hydrogen) atoms. The smallest absolute Gasteiger partial charge is 0.270 e. The van der Waals surface area contributed by atoms with Crippen LogP contribution in [0.2, 0.25) is 0 Å². The first-order valence-corrected chi connectivity index (χ1v) is 4.38. The predicted octanol–water partition coefficient (Wildman–Crippen LogP) is 2.10. The number of hydrogen-bond acceptors (Lipinski definition) is 3. The minimum absolute atomic E-state index is 0.0800. The zero-order valence-corrected chi connectivity index (χ0v) is 7.79. The third-order valence-corrected chi connectivity index (χ3v) is 2.02. The van der Waals surface area contributed by atoms with Crippen molar-refractivity contribution in [3.63, 3.8) is 0 Å². The third kappa shape index (κ3) is 2.07. The molecule has 0 amide bonds. The number of benzene rings is 1. The number of ether oxygens (including phenoxy) is 1. The maximum Gasteiger partial charge on any atom is 0.270 e.